The number of methoxy groups -OCH3 is 1. The lowest BCUT2D eigenvalue weighted by Crippen LogP contribution is -2.00. The summed E-state index contributed by atoms with van der Waals surface area (Å²) >= 11 is 0. The van der Waals surface area contributed by atoms with Crippen LogP contribution >= 0.6 is 27.7 Å². The van der Waals surface area contributed by atoms with Crippen molar-refractivity contribution in [2.24, 2.45) is 0 Å². The third-order valence-corrected chi connectivity index (χ3v) is 5.05. The first-order valence-corrected chi connectivity index (χ1v) is 9.62. The molecule has 0 amide bonds. The fraction of sp³-hybridized carbons (Fsp3) is 0.294. The molecule has 0 bridgehead atoms. The SMILES string of the molecule is COCc1cc(-c2ccc(CP)c(F)c2)cc(CP)c1CP. The van der Waals surface area contributed by atoms with Crippen LogP contribution in [0.3, 0.4) is 0 Å². The fourth-order valence-corrected chi connectivity index (χ4v) is 3.80. The number of halogens is 1. The van der Waals surface area contributed by atoms with Crippen molar-refractivity contribution in [2.45, 2.75) is 25.1 Å². The molecule has 0 heterocycles. The number of ether oxygens (including phenoxy) is 1. The smallest absolute Gasteiger partial charge is 0.127 e. The van der Waals surface area contributed by atoms with Gasteiger partial charge in [0.05, 0.1) is 6.61 Å². The van der Waals surface area contributed by atoms with Crippen LogP contribution in [0.15, 0.2) is 30.3 Å². The van der Waals surface area contributed by atoms with Crippen molar-refractivity contribution in [3.63, 3.8) is 0 Å². The van der Waals surface area contributed by atoms with Crippen molar-refractivity contribution in [3.05, 3.63) is 58.4 Å². The summed E-state index contributed by atoms with van der Waals surface area (Å²) in [6.45, 7) is 0.571. The van der Waals surface area contributed by atoms with Gasteiger partial charge in [0.1, 0.15) is 5.82 Å². The van der Waals surface area contributed by atoms with E-state index in [1.165, 1.54) is 16.7 Å². The van der Waals surface area contributed by atoms with Crippen LogP contribution in [0.25, 0.3) is 11.1 Å². The average molecular weight is 354 g/mol. The van der Waals surface area contributed by atoms with E-state index >= 15 is 0 Å². The predicted octanol–water partition coefficient (Wildman–Crippen LogP) is 4.76. The summed E-state index contributed by atoms with van der Waals surface area (Å²) in [5.74, 6) is -0.150. The monoisotopic (exact) mass is 354 g/mol. The number of benzene rings is 2. The van der Waals surface area contributed by atoms with Crippen molar-refractivity contribution >= 4 is 27.7 Å². The highest BCUT2D eigenvalue weighted by Crippen LogP contribution is 2.30. The van der Waals surface area contributed by atoms with Gasteiger partial charge in [0.2, 0.25) is 0 Å². The molecule has 2 rings (SSSR count). The summed E-state index contributed by atoms with van der Waals surface area (Å²) < 4.78 is 19.4. The molecule has 2 aromatic rings. The van der Waals surface area contributed by atoms with Gasteiger partial charge < -0.3 is 4.74 Å². The Kier molecular flexibility index (Phi) is 6.91. The van der Waals surface area contributed by atoms with Gasteiger partial charge in [0.15, 0.2) is 0 Å². The Morgan fingerprint density at radius 1 is 0.864 bits per heavy atom. The van der Waals surface area contributed by atoms with E-state index in [4.69, 9.17) is 4.74 Å². The predicted molar refractivity (Wildman–Crippen MR) is 103 cm³/mol. The van der Waals surface area contributed by atoms with E-state index in [-0.39, 0.29) is 5.82 Å². The third kappa shape index (κ3) is 3.93. The van der Waals surface area contributed by atoms with Gasteiger partial charge in [-0.3, -0.25) is 0 Å². The second-order valence-corrected chi connectivity index (χ2v) is 6.35. The van der Waals surface area contributed by atoms with Gasteiger partial charge in [-0.25, -0.2) is 4.39 Å². The fourth-order valence-electron chi connectivity index (χ4n) is 2.59. The molecule has 3 atom stereocenters. The van der Waals surface area contributed by atoms with Gasteiger partial charge in [0.25, 0.3) is 0 Å². The van der Waals surface area contributed by atoms with Crippen LogP contribution in [-0.4, -0.2) is 7.11 Å². The van der Waals surface area contributed by atoms with E-state index in [0.29, 0.717) is 12.8 Å². The molecule has 0 N–H and O–H groups in total. The molecule has 2 aromatic carbocycles. The van der Waals surface area contributed by atoms with Crippen LogP contribution in [0.4, 0.5) is 4.39 Å². The van der Waals surface area contributed by atoms with Crippen LogP contribution in [-0.2, 0) is 29.8 Å². The molecule has 0 radical (unpaired) electrons. The van der Waals surface area contributed by atoms with Crippen molar-refractivity contribution < 1.29 is 9.13 Å². The van der Waals surface area contributed by atoms with E-state index in [0.717, 1.165) is 29.0 Å². The van der Waals surface area contributed by atoms with Crippen molar-refractivity contribution in [1.29, 1.82) is 0 Å². The lowest BCUT2D eigenvalue weighted by molar-refractivity contribution is 0.184. The van der Waals surface area contributed by atoms with E-state index in [1.54, 1.807) is 13.2 Å². The molecular weight excluding hydrogens is 332 g/mol. The number of hydrogen-bond donors (Lipinski definition) is 0. The first kappa shape index (κ1) is 18.0. The van der Waals surface area contributed by atoms with Gasteiger partial charge in [-0.05, 0) is 64.0 Å². The summed E-state index contributed by atoms with van der Waals surface area (Å²) in [5.41, 5.74) is 6.40. The highest BCUT2D eigenvalue weighted by Gasteiger charge is 2.11. The lowest BCUT2D eigenvalue weighted by atomic mass is 9.95. The summed E-state index contributed by atoms with van der Waals surface area (Å²) in [5, 5.41) is 0. The molecule has 0 aliphatic rings. The largest absolute Gasteiger partial charge is 0.380 e. The first-order valence-electron chi connectivity index (χ1n) is 7.17. The van der Waals surface area contributed by atoms with Crippen molar-refractivity contribution in [2.75, 3.05) is 7.11 Å². The Labute approximate surface area is 139 Å². The second-order valence-electron chi connectivity index (χ2n) is 5.12. The Hall–Kier alpha value is -0.380. The normalized spacial score (nSPS) is 11.0. The Morgan fingerprint density at radius 3 is 2.09 bits per heavy atom. The molecule has 0 aliphatic carbocycles. The minimum Gasteiger partial charge on any atom is -0.380 e. The standard InChI is InChI=1S/C17H22FOP3/c1-19-7-14-4-13(5-15(9-21)16(14)10-22)11-2-3-12(8-20)17(18)6-11/h2-6H,7-10,20-22H2,1H3. The van der Waals surface area contributed by atoms with Crippen LogP contribution in [0.2, 0.25) is 0 Å². The Balaban J connectivity index is 2.55. The summed E-state index contributed by atoms with van der Waals surface area (Å²) in [4.78, 5) is 0. The molecule has 0 aromatic heterocycles. The highest BCUT2D eigenvalue weighted by atomic mass is 31.0. The third-order valence-electron chi connectivity index (χ3n) is 3.76. The maximum absolute atomic E-state index is 14.1. The zero-order valence-electron chi connectivity index (χ0n) is 12.7. The van der Waals surface area contributed by atoms with Gasteiger partial charge in [-0.1, -0.05) is 18.2 Å². The first-order chi connectivity index (χ1) is 10.6. The van der Waals surface area contributed by atoms with E-state index in [1.807, 2.05) is 12.1 Å². The molecule has 0 spiro atoms. The van der Waals surface area contributed by atoms with Crippen LogP contribution in [0.5, 0.6) is 0 Å². The Morgan fingerprint density at radius 2 is 1.55 bits per heavy atom. The summed E-state index contributed by atoms with van der Waals surface area (Å²) in [7, 11) is 9.81. The Bertz CT molecular complexity index is 659. The summed E-state index contributed by atoms with van der Waals surface area (Å²) in [6.07, 6.45) is 2.40. The maximum atomic E-state index is 14.1. The van der Waals surface area contributed by atoms with Crippen molar-refractivity contribution in [3.8, 4) is 11.1 Å². The van der Waals surface area contributed by atoms with E-state index in [9.17, 15) is 4.39 Å². The minimum atomic E-state index is -0.150. The van der Waals surface area contributed by atoms with Crippen LogP contribution < -0.4 is 0 Å². The van der Waals surface area contributed by atoms with Crippen LogP contribution in [0.1, 0.15) is 22.3 Å². The van der Waals surface area contributed by atoms with Crippen LogP contribution in [0, 0.1) is 5.82 Å². The molecular formula is C17H22FOP3. The number of hydrogen-bond acceptors (Lipinski definition) is 1. The van der Waals surface area contributed by atoms with Gasteiger partial charge in [-0.15, -0.1) is 27.7 Å². The number of rotatable bonds is 6. The minimum absolute atomic E-state index is 0.150. The molecule has 22 heavy (non-hydrogen) atoms. The van der Waals surface area contributed by atoms with E-state index < -0.39 is 0 Å². The molecule has 5 heteroatoms. The highest BCUT2D eigenvalue weighted by molar-refractivity contribution is 7.16. The van der Waals surface area contributed by atoms with Gasteiger partial charge in [0, 0.05) is 7.11 Å². The maximum Gasteiger partial charge on any atom is 0.127 e. The molecule has 0 saturated carbocycles. The molecule has 0 fully saturated rings. The quantitative estimate of drug-likeness (QED) is 0.680. The molecule has 1 nitrogen and oxygen atoms in total. The van der Waals surface area contributed by atoms with Crippen molar-refractivity contribution in [1.82, 2.24) is 0 Å². The molecule has 0 aliphatic heterocycles. The lowest BCUT2D eigenvalue weighted by Gasteiger charge is -2.15. The zero-order chi connectivity index (χ0) is 16.1. The molecule has 0 saturated heterocycles. The van der Waals surface area contributed by atoms with Gasteiger partial charge >= 0.3 is 0 Å². The molecule has 118 valence electrons. The second kappa shape index (κ2) is 8.47. The summed E-state index contributed by atoms with van der Waals surface area (Å²) in [6, 6.07) is 9.74. The average Bonchev–Trinajstić information content (AvgIpc) is 2.54. The van der Waals surface area contributed by atoms with E-state index in [2.05, 4.69) is 39.9 Å². The zero-order valence-corrected chi connectivity index (χ0v) is 16.2. The van der Waals surface area contributed by atoms with Gasteiger partial charge in [-0.2, -0.15) is 0 Å². The molecule has 3 unspecified atom stereocenters. The topological polar surface area (TPSA) is 9.23 Å².